The van der Waals surface area contributed by atoms with Gasteiger partial charge in [0.05, 0.1) is 34.7 Å². The van der Waals surface area contributed by atoms with Crippen LogP contribution in [0.3, 0.4) is 0 Å². The van der Waals surface area contributed by atoms with Gasteiger partial charge in [-0.05, 0) is 73.6 Å². The number of anilines is 2. The fourth-order valence-electron chi connectivity index (χ4n) is 8.31. The number of ether oxygens (including phenoxy) is 2. The van der Waals surface area contributed by atoms with E-state index in [2.05, 4.69) is 10.3 Å². The van der Waals surface area contributed by atoms with E-state index in [1.807, 2.05) is 42.5 Å². The summed E-state index contributed by atoms with van der Waals surface area (Å²) in [6.07, 6.45) is 0.739. The molecule has 244 valence electrons. The second kappa shape index (κ2) is 12.1. The number of imide groups is 1. The Morgan fingerprint density at radius 3 is 2.38 bits per heavy atom. The van der Waals surface area contributed by atoms with Crippen molar-refractivity contribution in [3.05, 3.63) is 105 Å². The number of esters is 1. The maximum Gasteiger partial charge on any atom is 0.338 e. The van der Waals surface area contributed by atoms with Crippen LogP contribution in [-0.4, -0.2) is 47.1 Å². The largest absolute Gasteiger partial charge is 0.483 e. The summed E-state index contributed by atoms with van der Waals surface area (Å²) in [5.41, 5.74) is 2.31. The highest BCUT2D eigenvalue weighted by molar-refractivity contribution is 8.00. The number of benzene rings is 3. The fourth-order valence-corrected chi connectivity index (χ4v) is 11.2. The van der Waals surface area contributed by atoms with Crippen molar-refractivity contribution in [2.45, 2.75) is 29.5 Å². The van der Waals surface area contributed by atoms with E-state index >= 15 is 0 Å². The highest BCUT2D eigenvalue weighted by atomic mass is 32.2. The van der Waals surface area contributed by atoms with Gasteiger partial charge < -0.3 is 19.8 Å². The Bertz CT molecular complexity index is 1990. The van der Waals surface area contributed by atoms with Gasteiger partial charge in [-0.2, -0.15) is 0 Å². The zero-order chi connectivity index (χ0) is 33.1. The van der Waals surface area contributed by atoms with Crippen molar-refractivity contribution in [1.29, 1.82) is 0 Å². The van der Waals surface area contributed by atoms with Crippen molar-refractivity contribution < 1.29 is 28.7 Å². The topological polar surface area (TPSA) is 135 Å². The van der Waals surface area contributed by atoms with Gasteiger partial charge in [0, 0.05) is 27.3 Å². The van der Waals surface area contributed by atoms with E-state index in [0.717, 1.165) is 21.9 Å². The second-order valence-electron chi connectivity index (χ2n) is 12.5. The van der Waals surface area contributed by atoms with Crippen molar-refractivity contribution in [3.8, 4) is 5.75 Å². The minimum absolute atomic E-state index is 0.00340. The molecule has 7 atom stereocenters. The summed E-state index contributed by atoms with van der Waals surface area (Å²) in [6.45, 7) is 1.78. The zero-order valence-electron chi connectivity index (χ0n) is 25.8. The summed E-state index contributed by atoms with van der Waals surface area (Å²) in [5.74, 6) is -2.05. The molecule has 10 nitrogen and oxygen atoms in total. The smallest absolute Gasteiger partial charge is 0.338 e. The first kappa shape index (κ1) is 30.6. The summed E-state index contributed by atoms with van der Waals surface area (Å²) in [5, 5.41) is 3.63. The number of hydrogen-bond donors (Lipinski definition) is 2. The molecule has 2 saturated carbocycles. The molecule has 4 aliphatic rings. The van der Waals surface area contributed by atoms with Gasteiger partial charge in [0.15, 0.2) is 6.61 Å². The molecule has 4 aromatic rings. The summed E-state index contributed by atoms with van der Waals surface area (Å²) < 4.78 is 11.2. The standard InChI is InChI=1S/C36H31N3O7S2/c1-2-45-35(43)18-12-14-20(15-13-18)39-33(41)28-22-16-23(29(28)34(39)42)30-27(22)26(31-32(47-30)38-36(44)48-31)21-10-6-7-11-24(21)46-17-25(40)37-19-8-4-3-5-9-19/h3-15,22-23,26-30H,2,16-17H2,1H3,(H,37,40)(H,38,44)/t22?,23?,26-,27?,28?,29?,30?/m1/s1. The van der Waals surface area contributed by atoms with E-state index in [0.29, 0.717) is 22.7 Å². The van der Waals surface area contributed by atoms with Crippen LogP contribution in [-0.2, 0) is 19.1 Å². The number of carbonyl (C=O) groups excluding carboxylic acids is 4. The molecule has 2 N–H and O–H groups in total. The average molecular weight is 682 g/mol. The van der Waals surface area contributed by atoms with Crippen LogP contribution in [0.1, 0.15) is 40.1 Å². The zero-order valence-corrected chi connectivity index (χ0v) is 27.4. The number of H-pyrrole nitrogens is 1. The number of rotatable bonds is 8. The van der Waals surface area contributed by atoms with Crippen LogP contribution in [0.15, 0.2) is 88.7 Å². The Hall–Kier alpha value is -4.68. The molecule has 2 aliphatic carbocycles. The molecule has 12 heteroatoms. The molecular weight excluding hydrogens is 651 g/mol. The van der Waals surface area contributed by atoms with Crippen LogP contribution in [0.5, 0.6) is 5.75 Å². The highest BCUT2D eigenvalue weighted by Crippen LogP contribution is 2.69. The van der Waals surface area contributed by atoms with E-state index in [9.17, 15) is 24.0 Å². The third-order valence-electron chi connectivity index (χ3n) is 10.0. The van der Waals surface area contributed by atoms with Crippen molar-refractivity contribution in [2.75, 3.05) is 23.4 Å². The van der Waals surface area contributed by atoms with Gasteiger partial charge in [-0.25, -0.2) is 4.79 Å². The number of nitrogens with zero attached hydrogens (tertiary/aromatic N) is 1. The Morgan fingerprint density at radius 1 is 0.917 bits per heavy atom. The summed E-state index contributed by atoms with van der Waals surface area (Å²) >= 11 is 2.78. The summed E-state index contributed by atoms with van der Waals surface area (Å²) in [6, 6.07) is 23.1. The fraction of sp³-hybridized carbons (Fsp3) is 0.306. The molecule has 0 spiro atoms. The third-order valence-corrected chi connectivity index (χ3v) is 12.6. The van der Waals surface area contributed by atoms with Crippen LogP contribution in [0.2, 0.25) is 0 Å². The number of carbonyl (C=O) groups is 4. The van der Waals surface area contributed by atoms with Crippen molar-refractivity contribution >= 4 is 58.2 Å². The van der Waals surface area contributed by atoms with Gasteiger partial charge in [0.25, 0.3) is 5.91 Å². The first-order valence-corrected chi connectivity index (χ1v) is 17.6. The molecule has 1 aromatic heterocycles. The molecule has 2 bridgehead atoms. The lowest BCUT2D eigenvalue weighted by atomic mass is 9.68. The van der Waals surface area contributed by atoms with E-state index < -0.39 is 17.8 Å². The molecule has 48 heavy (non-hydrogen) atoms. The number of nitrogens with one attached hydrogen (secondary N) is 2. The maximum atomic E-state index is 14.2. The highest BCUT2D eigenvalue weighted by Gasteiger charge is 2.69. The SMILES string of the molecule is CCOC(=O)c1ccc(N2C(=O)C3C4CC(C3C2=O)C2C4Sc3[nH]c(=O)sc3[C@@H]2c2ccccc2OCC(=O)Nc2ccccc2)cc1. The van der Waals surface area contributed by atoms with Gasteiger partial charge >= 0.3 is 10.8 Å². The van der Waals surface area contributed by atoms with Gasteiger partial charge in [0.2, 0.25) is 11.8 Å². The van der Waals surface area contributed by atoms with Crippen LogP contribution >= 0.6 is 23.1 Å². The molecule has 3 amide bonds. The molecule has 3 fully saturated rings. The summed E-state index contributed by atoms with van der Waals surface area (Å²) in [4.78, 5) is 70.9. The van der Waals surface area contributed by atoms with Crippen LogP contribution in [0.4, 0.5) is 11.4 Å². The van der Waals surface area contributed by atoms with Crippen LogP contribution < -0.4 is 19.8 Å². The average Bonchev–Trinajstić information content (AvgIpc) is 3.83. The van der Waals surface area contributed by atoms with Gasteiger partial charge in [-0.1, -0.05) is 47.7 Å². The predicted octanol–water partition coefficient (Wildman–Crippen LogP) is 5.31. The lowest BCUT2D eigenvalue weighted by Gasteiger charge is -2.43. The molecule has 0 radical (unpaired) electrons. The number of thiazole rings is 1. The lowest BCUT2D eigenvalue weighted by Crippen LogP contribution is -2.42. The molecule has 1 saturated heterocycles. The normalized spacial score (nSPS) is 26.5. The van der Waals surface area contributed by atoms with Gasteiger partial charge in [-0.15, -0.1) is 11.8 Å². The number of aromatic amines is 1. The van der Waals surface area contributed by atoms with Gasteiger partial charge in [0.1, 0.15) is 5.75 Å². The summed E-state index contributed by atoms with van der Waals surface area (Å²) in [7, 11) is 0. The number of fused-ring (bicyclic) bond motifs is 9. The van der Waals surface area contributed by atoms with Crippen LogP contribution in [0, 0.1) is 29.6 Å². The number of hydrogen-bond acceptors (Lipinski definition) is 9. The minimum atomic E-state index is -0.487. The predicted molar refractivity (Wildman–Crippen MR) is 180 cm³/mol. The first-order valence-electron chi connectivity index (χ1n) is 15.9. The van der Waals surface area contributed by atoms with E-state index in [1.165, 1.54) is 16.2 Å². The minimum Gasteiger partial charge on any atom is -0.483 e. The number of aromatic nitrogens is 1. The molecule has 3 heterocycles. The van der Waals surface area contributed by atoms with Crippen molar-refractivity contribution in [3.63, 3.8) is 0 Å². The van der Waals surface area contributed by atoms with Gasteiger partial charge in [-0.3, -0.25) is 24.1 Å². The first-order chi connectivity index (χ1) is 23.3. The number of amides is 3. The number of para-hydroxylation sites is 2. The van der Waals surface area contributed by atoms with Crippen molar-refractivity contribution in [2.24, 2.45) is 29.6 Å². The third kappa shape index (κ3) is 4.96. The molecule has 6 unspecified atom stereocenters. The monoisotopic (exact) mass is 681 g/mol. The molecule has 2 aliphatic heterocycles. The quantitative estimate of drug-likeness (QED) is 0.189. The number of thioether (sulfide) groups is 1. The lowest BCUT2D eigenvalue weighted by molar-refractivity contribution is -0.123. The Balaban J connectivity index is 1.10. The Kier molecular flexibility index (Phi) is 7.72. The van der Waals surface area contributed by atoms with E-state index in [4.69, 9.17) is 9.47 Å². The molecule has 3 aromatic carbocycles. The maximum absolute atomic E-state index is 14.2. The van der Waals surface area contributed by atoms with E-state index in [1.54, 1.807) is 55.1 Å². The molecular formula is C36H31N3O7S2. The van der Waals surface area contributed by atoms with E-state index in [-0.39, 0.29) is 64.7 Å². The Labute approximate surface area is 283 Å². The Morgan fingerprint density at radius 2 is 1.62 bits per heavy atom. The van der Waals surface area contributed by atoms with Crippen molar-refractivity contribution in [1.82, 2.24) is 4.98 Å². The molecule has 8 rings (SSSR count). The second-order valence-corrected chi connectivity index (χ2v) is 14.7. The van der Waals surface area contributed by atoms with Crippen LogP contribution in [0.25, 0.3) is 0 Å².